The first kappa shape index (κ1) is 83.5. The number of rotatable bonds is 17. The fourth-order valence-electron chi connectivity index (χ4n) is 16.2. The van der Waals surface area contributed by atoms with Crippen molar-refractivity contribution in [1.82, 2.24) is 20.6 Å². The van der Waals surface area contributed by atoms with Crippen LogP contribution in [0.3, 0.4) is 0 Å². The molecule has 22 heteroatoms. The Hall–Kier alpha value is -13.5. The molecule has 0 radical (unpaired) electrons. The standard InChI is InChI=1S/C28H21FN2O4.C24H25N3O2.C24H22N2O3.C24H24N2O3/c1-15(32)13-24-27-25(16(2)31-35-27)22-12-9-20(17-3-5-19(6-4-17)28(33)34)14-23(22)26(30-24)18-7-10-21(29)11-8-18;1-14(28)13-20-23-21(15(2)27-29-23)18-7-5-6-8-19(18)22(26-20)16-9-11-17(12-10-16)24(3,4)25;1-14(27)13-20-23-21(15(2)26-29-23)18-5-3-4-6-19(18)22(25-20)16-7-9-17(10-8-16)24(28)11-12-24;1-14(27)13-20-23-21(15(2)26-29-23)18-7-5-6-8-19(18)22(25-20)16-9-11-17(12-10-16)24(3,4)28/h3-12,14,24H,13H2,1-2H3,(H,33,34);5-12,20H,13,25H2,1-4H3;3-10,20,28H,11-13H2,1-2H3;5-12,20,28H,13H2,1-4H3/t24-;3*20-/m0000/s1. The quantitative estimate of drug-likeness (QED) is 0.0658. The molecule has 1 saturated carbocycles. The van der Waals surface area contributed by atoms with Crippen LogP contribution in [0.1, 0.15) is 235 Å². The van der Waals surface area contributed by atoms with Gasteiger partial charge in [0.05, 0.1) is 84.6 Å². The van der Waals surface area contributed by atoms with Crippen LogP contribution in [0.5, 0.6) is 0 Å². The van der Waals surface area contributed by atoms with Crippen molar-refractivity contribution < 1.29 is 61.8 Å². The van der Waals surface area contributed by atoms with Crippen LogP contribution in [-0.2, 0) is 35.9 Å². The van der Waals surface area contributed by atoms with Crippen LogP contribution < -0.4 is 5.73 Å². The van der Waals surface area contributed by atoms with E-state index in [1.54, 1.807) is 71.0 Å². The fraction of sp³-hybridized carbons (Fsp3) is 0.250. The van der Waals surface area contributed by atoms with Crippen molar-refractivity contribution in [1.29, 1.82) is 0 Å². The summed E-state index contributed by atoms with van der Waals surface area (Å²) < 4.78 is 36.3. The van der Waals surface area contributed by atoms with Crippen molar-refractivity contribution >= 4 is 51.9 Å². The molecule has 8 heterocycles. The number of ketones is 4. The van der Waals surface area contributed by atoms with Crippen molar-refractivity contribution in [2.24, 2.45) is 25.7 Å². The van der Waals surface area contributed by atoms with E-state index in [1.807, 2.05) is 193 Å². The number of benzene rings is 9. The van der Waals surface area contributed by atoms with Crippen LogP contribution in [0.4, 0.5) is 4.39 Å². The van der Waals surface area contributed by atoms with Gasteiger partial charge in [-0.15, -0.1) is 0 Å². The first-order valence-corrected chi connectivity index (χ1v) is 40.5. The highest BCUT2D eigenvalue weighted by Crippen LogP contribution is 2.49. The van der Waals surface area contributed by atoms with E-state index < -0.39 is 46.9 Å². The lowest BCUT2D eigenvalue weighted by Gasteiger charge is -2.20. The maximum absolute atomic E-state index is 13.7. The molecule has 0 unspecified atom stereocenters. The zero-order valence-corrected chi connectivity index (χ0v) is 69.8. The number of nitrogens with two attached hydrogens (primary N) is 1. The molecule has 0 spiro atoms. The number of hydrogen-bond donors (Lipinski definition) is 4. The van der Waals surface area contributed by atoms with Crippen LogP contribution in [-0.4, -0.2) is 87.9 Å². The number of Topliss-reactive ketones (excluding diaryl/α,β-unsaturated/α-hetero) is 4. The maximum Gasteiger partial charge on any atom is 0.335 e. The third kappa shape index (κ3) is 17.3. The van der Waals surface area contributed by atoms with Gasteiger partial charge in [0.2, 0.25) is 0 Å². The van der Waals surface area contributed by atoms with Gasteiger partial charge >= 0.3 is 5.97 Å². The molecule has 21 nitrogen and oxygen atoms in total. The van der Waals surface area contributed by atoms with Crippen molar-refractivity contribution in [2.75, 3.05) is 0 Å². The second kappa shape index (κ2) is 33.9. The minimum Gasteiger partial charge on any atom is -0.478 e. The van der Waals surface area contributed by atoms with Gasteiger partial charge in [0.15, 0.2) is 23.0 Å². The summed E-state index contributed by atoms with van der Waals surface area (Å²) in [5, 5.41) is 46.5. The van der Waals surface area contributed by atoms with Gasteiger partial charge in [-0.2, -0.15) is 0 Å². The molecular formula is C100H92FN9O12. The average Bonchev–Trinajstić information content (AvgIpc) is 1.63. The molecular weight excluding hydrogens is 1540 g/mol. The average molecular weight is 1630 g/mol. The van der Waals surface area contributed by atoms with Gasteiger partial charge in [0, 0.05) is 75.7 Å². The minimum absolute atomic E-state index is 0.0395. The Kier molecular flexibility index (Phi) is 23.2. The van der Waals surface area contributed by atoms with Gasteiger partial charge in [-0.05, 0) is 188 Å². The predicted molar refractivity (Wildman–Crippen MR) is 465 cm³/mol. The molecule has 122 heavy (non-hydrogen) atoms. The number of aryl methyl sites for hydroxylation is 4. The van der Waals surface area contributed by atoms with Gasteiger partial charge in [-0.3, -0.25) is 39.1 Å². The topological polar surface area (TPSA) is 326 Å². The van der Waals surface area contributed by atoms with E-state index in [-0.39, 0.29) is 60.2 Å². The Bertz CT molecular complexity index is 5950. The van der Waals surface area contributed by atoms with Gasteiger partial charge in [0.1, 0.15) is 53.1 Å². The van der Waals surface area contributed by atoms with Gasteiger partial charge < -0.3 is 39.1 Å². The van der Waals surface area contributed by atoms with E-state index in [2.05, 4.69) is 32.8 Å². The van der Waals surface area contributed by atoms with Crippen LogP contribution in [0.25, 0.3) is 55.6 Å². The van der Waals surface area contributed by atoms with E-state index in [4.69, 9.17) is 43.8 Å². The third-order valence-corrected chi connectivity index (χ3v) is 22.5. The molecule has 0 bridgehead atoms. The van der Waals surface area contributed by atoms with Gasteiger partial charge in [0.25, 0.3) is 0 Å². The van der Waals surface area contributed by atoms with E-state index in [0.717, 1.165) is 158 Å². The summed E-state index contributed by atoms with van der Waals surface area (Å²) in [6.45, 7) is 21.3. The number of carboxylic acids is 1. The largest absolute Gasteiger partial charge is 0.478 e. The Labute approximate surface area is 705 Å². The maximum atomic E-state index is 13.7. The molecule has 5 aliphatic rings. The summed E-state index contributed by atoms with van der Waals surface area (Å²) in [7, 11) is 0. The molecule has 4 aromatic heterocycles. The van der Waals surface area contributed by atoms with Crippen LogP contribution in [0.15, 0.2) is 250 Å². The highest BCUT2D eigenvalue weighted by molar-refractivity contribution is 6.20. The number of nitrogens with zero attached hydrogens (tertiary/aromatic N) is 8. The normalized spacial score (nSPS) is 16.2. The van der Waals surface area contributed by atoms with Gasteiger partial charge in [-0.25, -0.2) is 9.18 Å². The first-order chi connectivity index (χ1) is 58.3. The number of hydrogen-bond acceptors (Lipinski definition) is 20. The van der Waals surface area contributed by atoms with Crippen LogP contribution >= 0.6 is 0 Å². The molecule has 1 aliphatic carbocycles. The number of aliphatic hydroxyl groups is 2. The summed E-state index contributed by atoms with van der Waals surface area (Å²) in [6, 6.07) is 64.8. The Morgan fingerprint density at radius 1 is 0.393 bits per heavy atom. The monoisotopic (exact) mass is 1630 g/mol. The zero-order chi connectivity index (χ0) is 86.4. The lowest BCUT2D eigenvalue weighted by Crippen LogP contribution is -2.28. The number of halogens is 1. The molecule has 18 rings (SSSR count). The van der Waals surface area contributed by atoms with Crippen LogP contribution in [0.2, 0.25) is 0 Å². The first-order valence-electron chi connectivity index (χ1n) is 40.5. The Morgan fingerprint density at radius 2 is 0.680 bits per heavy atom. The van der Waals surface area contributed by atoms with Crippen molar-refractivity contribution in [3.05, 3.63) is 331 Å². The number of carbonyl (C=O) groups is 5. The number of aliphatic imine (C=N–C) groups is 4. The molecule has 0 saturated heterocycles. The molecule has 5 N–H and O–H groups in total. The number of aromatic carboxylic acids is 1. The smallest absolute Gasteiger partial charge is 0.335 e. The lowest BCUT2D eigenvalue weighted by atomic mass is 9.89. The fourth-order valence-corrected chi connectivity index (χ4v) is 16.2. The summed E-state index contributed by atoms with van der Waals surface area (Å²) in [5.74, 6) is 1.22. The zero-order valence-electron chi connectivity index (χ0n) is 69.8. The highest BCUT2D eigenvalue weighted by atomic mass is 19.1. The van der Waals surface area contributed by atoms with Crippen molar-refractivity contribution in [3.8, 4) is 55.6 Å². The number of carboxylic acid groups (broad SMARTS) is 1. The summed E-state index contributed by atoms with van der Waals surface area (Å²) in [5.41, 5.74) is 29.9. The summed E-state index contributed by atoms with van der Waals surface area (Å²) >= 11 is 0. The van der Waals surface area contributed by atoms with Crippen molar-refractivity contribution in [3.63, 3.8) is 0 Å². The third-order valence-electron chi connectivity index (χ3n) is 22.5. The summed E-state index contributed by atoms with van der Waals surface area (Å²) in [6.07, 6.45) is 2.54. The molecule has 0 amide bonds. The van der Waals surface area contributed by atoms with Crippen molar-refractivity contribution in [2.45, 2.75) is 163 Å². The molecule has 4 aliphatic heterocycles. The minimum atomic E-state index is -0.990. The Balaban J connectivity index is 0.000000127. The number of fused-ring (bicyclic) bond motifs is 12. The second-order valence-electron chi connectivity index (χ2n) is 33.0. The van der Waals surface area contributed by atoms with Crippen LogP contribution in [0, 0.1) is 33.5 Å². The highest BCUT2D eigenvalue weighted by Gasteiger charge is 2.43. The van der Waals surface area contributed by atoms with E-state index in [0.29, 0.717) is 40.0 Å². The molecule has 9 aromatic carbocycles. The molecule has 1 fully saturated rings. The molecule has 13 aromatic rings. The Morgan fingerprint density at radius 3 is 0.992 bits per heavy atom. The van der Waals surface area contributed by atoms with E-state index >= 15 is 0 Å². The number of carbonyl (C=O) groups excluding carboxylic acids is 4. The summed E-state index contributed by atoms with van der Waals surface area (Å²) in [4.78, 5) is 79.1. The van der Waals surface area contributed by atoms with Gasteiger partial charge in [-0.1, -0.05) is 190 Å². The second-order valence-corrected chi connectivity index (χ2v) is 33.0. The van der Waals surface area contributed by atoms with E-state index in [1.165, 1.54) is 19.1 Å². The number of aromatic nitrogens is 4. The predicted octanol–water partition coefficient (Wildman–Crippen LogP) is 20.0. The molecule has 4 atom stereocenters. The van der Waals surface area contributed by atoms with E-state index in [9.17, 15) is 43.7 Å². The molecule has 616 valence electrons. The lowest BCUT2D eigenvalue weighted by molar-refractivity contribution is -0.118. The SMILES string of the molecule is CC(=O)C[C@@H]1N=C(c2ccc(C(C)(C)N)cc2)c2ccccc2-c2c(C)noc21.CC(=O)C[C@@H]1N=C(c2ccc(C(C)(C)O)cc2)c2ccccc2-c2c(C)noc21.CC(=O)C[C@@H]1N=C(c2ccc(C3(O)CC3)cc2)c2ccccc2-c2c(C)noc21.CC(=O)C[C@@H]1N=C(c2ccc(F)cc2)c2cc(-c3ccc(C(=O)O)cc3)ccc2-c2c(C)noc21.